The van der Waals surface area contributed by atoms with Crippen molar-refractivity contribution in [2.75, 3.05) is 0 Å². The molecule has 0 radical (unpaired) electrons. The molecule has 0 aliphatic carbocycles. The SMILES string of the molecule is CC(C)[O][Al+2].CCCCCCCCCCCCCc1ccccc1.O=S([O-])O.O=S([O-])O. The van der Waals surface area contributed by atoms with Gasteiger partial charge >= 0.3 is 40.4 Å². The first-order valence-corrected chi connectivity index (χ1v) is 13.7. The van der Waals surface area contributed by atoms with E-state index in [0.29, 0.717) is 6.10 Å². The van der Waals surface area contributed by atoms with Crippen LogP contribution < -0.4 is 0 Å². The van der Waals surface area contributed by atoms with Gasteiger partial charge in [0.15, 0.2) is 0 Å². The average molecular weight is 509 g/mol. The van der Waals surface area contributed by atoms with E-state index in [-0.39, 0.29) is 0 Å². The smallest absolute Gasteiger partial charge is 0.0814 e. The maximum absolute atomic E-state index is 8.56. The molecule has 0 fully saturated rings. The number of aryl methyl sites for hydroxylation is 1. The molecule has 2 N–H and O–H groups in total. The summed E-state index contributed by atoms with van der Waals surface area (Å²) in [5.74, 6) is 0. The van der Waals surface area contributed by atoms with E-state index in [9.17, 15) is 0 Å². The second kappa shape index (κ2) is 30.9. The zero-order chi connectivity index (χ0) is 25.0. The Morgan fingerprint density at radius 3 is 1.44 bits per heavy atom. The predicted octanol–water partition coefficient (Wildman–Crippen LogP) is 5.71. The van der Waals surface area contributed by atoms with E-state index >= 15 is 0 Å². The molecule has 0 aromatic heterocycles. The molecule has 0 aliphatic heterocycles. The van der Waals surface area contributed by atoms with Crippen LogP contribution in [0.5, 0.6) is 0 Å². The standard InChI is InChI=1S/C19H32.C3H7O.Al.2H2O3S/c1-2-3-4-5-6-7-8-9-10-11-13-16-19-17-14-12-15-18-19;1-3(2)4;;2*1-4(2)3/h12,14-15,17-18H,2-11,13,16H2,1H3;3H,1-2H3;;2*(H2,1,2,3)/q;-1;+3;;/p-2. The Labute approximate surface area is 209 Å². The first-order chi connectivity index (χ1) is 15.2. The second-order valence-electron chi connectivity index (χ2n) is 7.39. The molecule has 7 nitrogen and oxygen atoms in total. The van der Waals surface area contributed by atoms with Crippen LogP contribution in [0, 0.1) is 0 Å². The number of hydrogen-bond acceptors (Lipinski definition) is 5. The van der Waals surface area contributed by atoms with Crippen LogP contribution in [0.1, 0.15) is 97.0 Å². The summed E-state index contributed by atoms with van der Waals surface area (Å²) in [6, 6.07) is 10.9. The second-order valence-corrected chi connectivity index (χ2v) is 8.53. The molecule has 1 aromatic rings. The molecule has 0 spiro atoms. The Bertz CT molecular complexity index is 500. The normalized spacial score (nSPS) is 11.8. The van der Waals surface area contributed by atoms with Crippen molar-refractivity contribution in [1.29, 1.82) is 0 Å². The summed E-state index contributed by atoms with van der Waals surface area (Å²) in [7, 11) is 0. The van der Waals surface area contributed by atoms with Crippen LogP contribution in [0.15, 0.2) is 30.3 Å². The van der Waals surface area contributed by atoms with Gasteiger partial charge in [0.25, 0.3) is 0 Å². The summed E-state index contributed by atoms with van der Waals surface area (Å²) in [4.78, 5) is 0. The van der Waals surface area contributed by atoms with Crippen LogP contribution in [0.2, 0.25) is 0 Å². The zero-order valence-electron chi connectivity index (χ0n) is 19.8. The quantitative estimate of drug-likeness (QED) is 0.198. The Balaban J connectivity index is -0.000000529. The van der Waals surface area contributed by atoms with E-state index in [1.807, 2.05) is 13.8 Å². The van der Waals surface area contributed by atoms with Gasteiger partial charge in [-0.1, -0.05) is 101 Å². The molecule has 0 saturated carbocycles. The summed E-state index contributed by atoms with van der Waals surface area (Å²) in [5.41, 5.74) is 1.50. The molecule has 1 aromatic carbocycles. The summed E-state index contributed by atoms with van der Waals surface area (Å²) in [5, 5.41) is 0. The molecular formula is C22H41AlO7S2. The Kier molecular flexibility index (Phi) is 35.1. The number of unbranched alkanes of at least 4 members (excludes halogenated alkanes) is 10. The molecule has 2 unspecified atom stereocenters. The molecule has 32 heavy (non-hydrogen) atoms. The van der Waals surface area contributed by atoms with Crippen LogP contribution in [0.25, 0.3) is 0 Å². The maximum atomic E-state index is 8.56. The fourth-order valence-electron chi connectivity index (χ4n) is 2.64. The van der Waals surface area contributed by atoms with E-state index in [0.717, 1.165) is 0 Å². The van der Waals surface area contributed by atoms with Gasteiger partial charge in [0, 0.05) is 0 Å². The van der Waals surface area contributed by atoms with Gasteiger partial charge in [-0.15, -0.1) is 0 Å². The topological polar surface area (TPSA) is 130 Å². The van der Waals surface area contributed by atoms with E-state index < -0.39 is 22.7 Å². The molecule has 10 heteroatoms. The molecule has 0 amide bonds. The molecule has 0 heterocycles. The molecule has 2 atom stereocenters. The van der Waals surface area contributed by atoms with E-state index in [2.05, 4.69) is 57.7 Å². The first kappa shape index (κ1) is 36.4. The molecule has 186 valence electrons. The molecule has 0 saturated heterocycles. The molecule has 0 aliphatic rings. The Morgan fingerprint density at radius 1 is 0.812 bits per heavy atom. The monoisotopic (exact) mass is 508 g/mol. The van der Waals surface area contributed by atoms with Crippen molar-refractivity contribution in [1.82, 2.24) is 0 Å². The average Bonchev–Trinajstić information content (AvgIpc) is 2.72. The number of hydrogen-bond donors (Lipinski definition) is 2. The van der Waals surface area contributed by atoms with E-state index in [1.165, 1.54) is 82.6 Å². The third kappa shape index (κ3) is 47.6. The molecule has 1 rings (SSSR count). The molecular weight excluding hydrogens is 467 g/mol. The van der Waals surface area contributed by atoms with E-state index in [4.69, 9.17) is 26.6 Å². The van der Waals surface area contributed by atoms with Gasteiger partial charge in [-0.2, -0.15) is 0 Å². The Hall–Kier alpha value is -0.148. The minimum Gasteiger partial charge on any atom is -0.750 e. The van der Waals surface area contributed by atoms with Gasteiger partial charge < -0.3 is 18.2 Å². The minimum absolute atomic E-state index is 0.347. The summed E-state index contributed by atoms with van der Waals surface area (Å²) >= 11 is -3.53. The van der Waals surface area contributed by atoms with Gasteiger partial charge in [-0.25, -0.2) is 8.42 Å². The number of benzene rings is 1. The van der Waals surface area contributed by atoms with Crippen LogP contribution in [0.3, 0.4) is 0 Å². The van der Waals surface area contributed by atoms with Crippen molar-refractivity contribution in [3.05, 3.63) is 35.9 Å². The van der Waals surface area contributed by atoms with Crippen LogP contribution >= 0.6 is 0 Å². The van der Waals surface area contributed by atoms with Gasteiger partial charge in [0.2, 0.25) is 0 Å². The van der Waals surface area contributed by atoms with E-state index in [1.54, 1.807) is 0 Å². The Morgan fingerprint density at radius 2 is 1.12 bits per heavy atom. The van der Waals surface area contributed by atoms with Crippen LogP contribution in [0.4, 0.5) is 0 Å². The first-order valence-electron chi connectivity index (χ1n) is 11.1. The number of rotatable bonds is 13. The minimum atomic E-state index is -2.86. The summed E-state index contributed by atoms with van der Waals surface area (Å²) in [6.45, 7) is 6.25. The summed E-state index contributed by atoms with van der Waals surface area (Å²) < 4.78 is 52.8. The fourth-order valence-corrected chi connectivity index (χ4v) is 2.64. The van der Waals surface area contributed by atoms with Crippen molar-refractivity contribution in [3.63, 3.8) is 0 Å². The van der Waals surface area contributed by atoms with Crippen molar-refractivity contribution in [2.45, 2.75) is 104 Å². The third-order valence-corrected chi connectivity index (χ3v) is 4.73. The molecule has 0 bridgehead atoms. The fraction of sp³-hybridized carbons (Fsp3) is 0.727. The van der Waals surface area contributed by atoms with Gasteiger partial charge in [-0.3, -0.25) is 0 Å². The largest absolute Gasteiger partial charge is 0.750 e. The van der Waals surface area contributed by atoms with Gasteiger partial charge in [-0.05, 0) is 18.4 Å². The van der Waals surface area contributed by atoms with Crippen molar-refractivity contribution >= 4 is 39.3 Å². The van der Waals surface area contributed by atoms with Crippen molar-refractivity contribution in [2.24, 2.45) is 0 Å². The maximum Gasteiger partial charge on any atom is 0.0814 e. The summed E-state index contributed by atoms with van der Waals surface area (Å²) in [6.07, 6.45) is 17.3. The zero-order valence-corrected chi connectivity index (χ0v) is 22.6. The van der Waals surface area contributed by atoms with Gasteiger partial charge in [0.1, 0.15) is 0 Å². The third-order valence-electron chi connectivity index (χ3n) is 4.18. The van der Waals surface area contributed by atoms with Crippen LogP contribution in [-0.2, 0) is 32.9 Å². The van der Waals surface area contributed by atoms with Gasteiger partial charge in [0.05, 0.1) is 22.7 Å². The predicted molar refractivity (Wildman–Crippen MR) is 132 cm³/mol. The van der Waals surface area contributed by atoms with Crippen molar-refractivity contribution < 1.29 is 30.4 Å². The van der Waals surface area contributed by atoms with Crippen LogP contribution in [-0.4, -0.2) is 49.4 Å². The van der Waals surface area contributed by atoms with Crippen molar-refractivity contribution in [3.8, 4) is 0 Å².